The number of thiazole rings is 2. The Bertz CT molecular complexity index is 993. The van der Waals surface area contributed by atoms with Crippen LogP contribution in [-0.4, -0.2) is 51.9 Å². The van der Waals surface area contributed by atoms with E-state index in [4.69, 9.17) is 4.98 Å². The van der Waals surface area contributed by atoms with Crippen LogP contribution < -0.4 is 10.6 Å². The van der Waals surface area contributed by atoms with Crippen LogP contribution in [0.3, 0.4) is 0 Å². The minimum Gasteiger partial charge on any atom is -0.358 e. The zero-order chi connectivity index (χ0) is 23.7. The summed E-state index contributed by atoms with van der Waals surface area (Å²) in [5.41, 5.74) is 1.12. The first kappa shape index (κ1) is 24.1. The number of hydrogen-bond donors (Lipinski definition) is 2. The van der Waals surface area contributed by atoms with Gasteiger partial charge in [0.2, 0.25) is 5.91 Å². The SMILES string of the molecule is Cc1ncc(CC(=O)N[C@H]2CC[C@H](CCN3CCc4sc(NC5CC(F)(F)C5)nc4C3)CC2)s1. The van der Waals surface area contributed by atoms with Gasteiger partial charge in [0.15, 0.2) is 5.13 Å². The average molecular weight is 510 g/mol. The zero-order valence-corrected chi connectivity index (χ0v) is 21.2. The molecular weight excluding hydrogens is 476 g/mol. The highest BCUT2D eigenvalue weighted by Crippen LogP contribution is 2.40. The topological polar surface area (TPSA) is 70.2 Å². The van der Waals surface area contributed by atoms with Gasteiger partial charge in [-0.1, -0.05) is 0 Å². The summed E-state index contributed by atoms with van der Waals surface area (Å²) in [6, 6.07) is 0.155. The van der Waals surface area contributed by atoms with E-state index in [2.05, 4.69) is 20.5 Å². The molecule has 2 saturated carbocycles. The molecule has 0 saturated heterocycles. The summed E-state index contributed by atoms with van der Waals surface area (Å²) in [6.07, 6.45) is 8.70. The number of amides is 1. The van der Waals surface area contributed by atoms with Gasteiger partial charge in [0.05, 0.1) is 17.1 Å². The van der Waals surface area contributed by atoms with E-state index in [0.717, 1.165) is 59.6 Å². The van der Waals surface area contributed by atoms with Crippen molar-refractivity contribution in [2.45, 2.75) is 89.3 Å². The van der Waals surface area contributed by atoms with E-state index >= 15 is 0 Å². The first-order valence-electron chi connectivity index (χ1n) is 12.4. The predicted molar refractivity (Wildman–Crippen MR) is 132 cm³/mol. The molecule has 1 amide bonds. The molecule has 2 aromatic rings. The average Bonchev–Trinajstić information content (AvgIpc) is 3.36. The number of carbonyl (C=O) groups is 1. The number of anilines is 1. The summed E-state index contributed by atoms with van der Waals surface area (Å²) in [7, 11) is 0. The van der Waals surface area contributed by atoms with Gasteiger partial charge in [-0.15, -0.1) is 22.7 Å². The van der Waals surface area contributed by atoms with Crippen molar-refractivity contribution in [2.75, 3.05) is 18.4 Å². The van der Waals surface area contributed by atoms with E-state index in [1.165, 1.54) is 24.1 Å². The van der Waals surface area contributed by atoms with Gasteiger partial charge in [-0.2, -0.15) is 0 Å². The molecule has 0 unspecified atom stereocenters. The molecule has 2 aliphatic carbocycles. The van der Waals surface area contributed by atoms with Gasteiger partial charge < -0.3 is 10.6 Å². The number of fused-ring (bicyclic) bond motifs is 1. The van der Waals surface area contributed by atoms with Crippen LogP contribution >= 0.6 is 22.7 Å². The number of alkyl halides is 2. The lowest BCUT2D eigenvalue weighted by Crippen LogP contribution is -2.44. The summed E-state index contributed by atoms with van der Waals surface area (Å²) in [5, 5.41) is 8.22. The standard InChI is InChI=1S/C24H33F2N5OS2/c1-15-27-13-19(33-15)10-22(32)28-17-4-2-16(3-5-17)6-8-31-9-7-21-20(14-31)30-23(34-21)29-18-11-24(25,26)12-18/h13,16-18H,2-12,14H2,1H3,(H,28,32)(H,29,30)/t16-,17-. The number of rotatable bonds is 8. The van der Waals surface area contributed by atoms with Crippen LogP contribution in [-0.2, 0) is 24.2 Å². The molecule has 10 heteroatoms. The van der Waals surface area contributed by atoms with Gasteiger partial charge in [-0.3, -0.25) is 9.69 Å². The summed E-state index contributed by atoms with van der Waals surface area (Å²) < 4.78 is 26.2. The normalized spacial score (nSPS) is 24.9. The van der Waals surface area contributed by atoms with Crippen molar-refractivity contribution in [3.8, 4) is 0 Å². The molecule has 1 aliphatic heterocycles. The van der Waals surface area contributed by atoms with Crippen molar-refractivity contribution in [2.24, 2.45) is 5.92 Å². The van der Waals surface area contributed by atoms with E-state index < -0.39 is 5.92 Å². The fourth-order valence-corrected chi connectivity index (χ4v) is 7.16. The van der Waals surface area contributed by atoms with Gasteiger partial charge in [0.1, 0.15) is 0 Å². The lowest BCUT2D eigenvalue weighted by Gasteiger charge is -2.35. The predicted octanol–water partition coefficient (Wildman–Crippen LogP) is 4.78. The van der Waals surface area contributed by atoms with Gasteiger partial charge in [-0.05, 0) is 57.9 Å². The molecular formula is C24H33F2N5OS2. The maximum absolute atomic E-state index is 13.1. The third kappa shape index (κ3) is 6.12. The lowest BCUT2D eigenvalue weighted by molar-refractivity contribution is -0.121. The highest BCUT2D eigenvalue weighted by molar-refractivity contribution is 7.15. The molecule has 0 atom stereocenters. The minimum absolute atomic E-state index is 0.0822. The van der Waals surface area contributed by atoms with Gasteiger partial charge in [-0.25, -0.2) is 18.7 Å². The maximum Gasteiger partial charge on any atom is 0.252 e. The summed E-state index contributed by atoms with van der Waals surface area (Å²) in [6.45, 7) is 4.93. The molecule has 2 fully saturated rings. The van der Waals surface area contributed by atoms with E-state index in [9.17, 15) is 13.6 Å². The molecule has 2 N–H and O–H groups in total. The monoisotopic (exact) mass is 509 g/mol. The second-order valence-corrected chi connectivity index (χ2v) is 12.5. The Morgan fingerprint density at radius 2 is 2.00 bits per heavy atom. The Hall–Kier alpha value is -1.65. The molecule has 34 heavy (non-hydrogen) atoms. The van der Waals surface area contributed by atoms with E-state index in [0.29, 0.717) is 18.4 Å². The first-order chi connectivity index (χ1) is 16.3. The second-order valence-electron chi connectivity index (χ2n) is 10.1. The van der Waals surface area contributed by atoms with Crippen molar-refractivity contribution < 1.29 is 13.6 Å². The molecule has 5 rings (SSSR count). The highest BCUT2D eigenvalue weighted by atomic mass is 32.1. The molecule has 0 bridgehead atoms. The smallest absolute Gasteiger partial charge is 0.252 e. The van der Waals surface area contributed by atoms with Crippen LogP contribution in [0.5, 0.6) is 0 Å². The fraction of sp³-hybridized carbons (Fsp3) is 0.708. The number of halogens is 2. The third-order valence-corrected chi connectivity index (χ3v) is 9.30. The van der Waals surface area contributed by atoms with Crippen LogP contribution in [0.4, 0.5) is 13.9 Å². The van der Waals surface area contributed by atoms with E-state index in [1.54, 1.807) is 28.9 Å². The van der Waals surface area contributed by atoms with E-state index in [-0.39, 0.29) is 24.8 Å². The number of hydrogen-bond acceptors (Lipinski definition) is 7. The van der Waals surface area contributed by atoms with Crippen LogP contribution in [0.2, 0.25) is 0 Å². The maximum atomic E-state index is 13.1. The third-order valence-electron chi connectivity index (χ3n) is 7.29. The zero-order valence-electron chi connectivity index (χ0n) is 19.6. The molecule has 0 aromatic carbocycles. The van der Waals surface area contributed by atoms with E-state index in [1.807, 2.05) is 6.92 Å². The molecule has 186 valence electrons. The Morgan fingerprint density at radius 3 is 2.71 bits per heavy atom. The Kier molecular flexibility index (Phi) is 7.18. The summed E-state index contributed by atoms with van der Waals surface area (Å²) in [5.74, 6) is -1.68. The van der Waals surface area contributed by atoms with Crippen LogP contribution in [0, 0.1) is 12.8 Å². The lowest BCUT2D eigenvalue weighted by atomic mass is 9.84. The highest BCUT2D eigenvalue weighted by Gasteiger charge is 2.45. The Morgan fingerprint density at radius 1 is 1.21 bits per heavy atom. The molecule has 3 aliphatic rings. The molecule has 6 nitrogen and oxygen atoms in total. The van der Waals surface area contributed by atoms with Gasteiger partial charge in [0.25, 0.3) is 5.92 Å². The number of nitrogens with zero attached hydrogens (tertiary/aromatic N) is 3. The largest absolute Gasteiger partial charge is 0.358 e. The summed E-state index contributed by atoms with van der Waals surface area (Å²) >= 11 is 3.23. The quantitative estimate of drug-likeness (QED) is 0.536. The van der Waals surface area contributed by atoms with Crippen molar-refractivity contribution in [1.29, 1.82) is 0 Å². The van der Waals surface area contributed by atoms with Crippen molar-refractivity contribution in [3.63, 3.8) is 0 Å². The van der Waals surface area contributed by atoms with Gasteiger partial charge in [0, 0.05) is 54.0 Å². The Labute approximate surface area is 207 Å². The van der Waals surface area contributed by atoms with Crippen molar-refractivity contribution in [3.05, 3.63) is 26.7 Å². The molecule has 0 radical (unpaired) electrons. The van der Waals surface area contributed by atoms with Crippen LogP contribution in [0.15, 0.2) is 6.20 Å². The Balaban J connectivity index is 1.00. The van der Waals surface area contributed by atoms with Gasteiger partial charge >= 0.3 is 0 Å². The summed E-state index contributed by atoms with van der Waals surface area (Å²) in [4.78, 5) is 26.1. The first-order valence-corrected chi connectivity index (χ1v) is 14.0. The second kappa shape index (κ2) is 10.1. The van der Waals surface area contributed by atoms with Crippen LogP contribution in [0.25, 0.3) is 0 Å². The number of aromatic nitrogens is 2. The number of aryl methyl sites for hydroxylation is 1. The minimum atomic E-state index is -2.50. The molecule has 3 heterocycles. The fourth-order valence-electron chi connectivity index (χ4n) is 5.33. The van der Waals surface area contributed by atoms with Crippen molar-refractivity contribution >= 4 is 33.7 Å². The van der Waals surface area contributed by atoms with Crippen LogP contribution in [0.1, 0.15) is 65.4 Å². The molecule has 2 aromatic heterocycles. The molecule has 0 spiro atoms. The number of carbonyl (C=O) groups excluding carboxylic acids is 1. The van der Waals surface area contributed by atoms with Crippen molar-refractivity contribution in [1.82, 2.24) is 20.2 Å². The number of nitrogens with one attached hydrogen (secondary N) is 2.